The second-order valence-electron chi connectivity index (χ2n) is 1.44. The predicted octanol–water partition coefficient (Wildman–Crippen LogP) is 2.21. The molecule has 0 aliphatic carbocycles. The van der Waals surface area contributed by atoms with Crippen molar-refractivity contribution in [1.82, 2.24) is 0 Å². The van der Waals surface area contributed by atoms with Crippen molar-refractivity contribution in [3.05, 3.63) is 30.3 Å². The largest absolute Gasteiger partial charge is 0.130 e. The molecule has 0 aliphatic rings. The summed E-state index contributed by atoms with van der Waals surface area (Å²) in [6.45, 7) is 0. The molecule has 0 amide bonds. The maximum Gasteiger partial charge on any atom is 0.00695 e. The van der Waals surface area contributed by atoms with Crippen molar-refractivity contribution in [2.45, 2.75) is 4.90 Å². The molecule has 0 fully saturated rings. The molecule has 0 N–H and O–H groups in total. The van der Waals surface area contributed by atoms with E-state index in [0.717, 1.165) is 0 Å². The Labute approximate surface area is 72.8 Å². The molecule has 9 heavy (non-hydrogen) atoms. The van der Waals surface area contributed by atoms with Crippen LogP contribution in [0, 0.1) is 6.07 Å². The van der Waals surface area contributed by atoms with Gasteiger partial charge in [-0.1, -0.05) is 12.1 Å². The Morgan fingerprint density at radius 2 is 1.89 bits per heavy atom. The summed E-state index contributed by atoms with van der Waals surface area (Å²) in [6.07, 6.45) is 2.06. The molecule has 0 saturated heterocycles. The third-order valence-corrected chi connectivity index (χ3v) is 1.67. The van der Waals surface area contributed by atoms with E-state index in [1.165, 1.54) is 4.90 Å². The Balaban J connectivity index is 0.000000640. The van der Waals surface area contributed by atoms with E-state index in [9.17, 15) is 0 Å². The normalized spacial score (nSPS) is 8.11. The molecule has 0 spiro atoms. The summed E-state index contributed by atoms with van der Waals surface area (Å²) in [7, 11) is 0. The fourth-order valence-electron chi connectivity index (χ4n) is 0.508. The zero-order valence-corrected chi connectivity index (χ0v) is 9.21. The summed E-state index contributed by atoms with van der Waals surface area (Å²) in [5.74, 6) is 0. The van der Waals surface area contributed by atoms with Gasteiger partial charge in [0.05, 0.1) is 0 Å². The zero-order valence-electron chi connectivity index (χ0n) is 5.42. The number of hydrogen-bond acceptors (Lipinski definition) is 1. The van der Waals surface area contributed by atoms with E-state index in [4.69, 9.17) is 0 Å². The summed E-state index contributed by atoms with van der Waals surface area (Å²) in [4.78, 5) is 1.30. The maximum atomic E-state index is 2.95. The minimum Gasteiger partial charge on any atom is -0.130 e. The van der Waals surface area contributed by atoms with Gasteiger partial charge >= 0.3 is 0 Å². The van der Waals surface area contributed by atoms with Crippen molar-refractivity contribution < 1.29 is 19.5 Å². The SMILES string of the molecule is CSc1cc[c]cc1.[Zn]. The van der Waals surface area contributed by atoms with E-state index in [2.05, 4.69) is 12.3 Å². The Morgan fingerprint density at radius 3 is 2.22 bits per heavy atom. The van der Waals surface area contributed by atoms with Crippen molar-refractivity contribution in [3.8, 4) is 0 Å². The molecule has 0 nitrogen and oxygen atoms in total. The summed E-state index contributed by atoms with van der Waals surface area (Å²) < 4.78 is 0. The second-order valence-corrected chi connectivity index (χ2v) is 2.32. The fraction of sp³-hybridized carbons (Fsp3) is 0.143. The van der Waals surface area contributed by atoms with Crippen molar-refractivity contribution in [2.75, 3.05) is 6.26 Å². The molecule has 43 valence electrons. The van der Waals surface area contributed by atoms with Gasteiger partial charge in [-0.25, -0.2) is 0 Å². The van der Waals surface area contributed by atoms with E-state index in [0.29, 0.717) is 0 Å². The molecule has 0 heterocycles. The molecular weight excluding hydrogens is 182 g/mol. The molecule has 0 unspecified atom stereocenters. The molecule has 1 radical (unpaired) electrons. The molecule has 2 heteroatoms. The summed E-state index contributed by atoms with van der Waals surface area (Å²) >= 11 is 1.75. The summed E-state index contributed by atoms with van der Waals surface area (Å²) in [6, 6.07) is 10.9. The van der Waals surface area contributed by atoms with Crippen LogP contribution in [-0.4, -0.2) is 6.26 Å². The number of rotatable bonds is 1. The molecule has 0 bridgehead atoms. The molecule has 1 aromatic carbocycles. The van der Waals surface area contributed by atoms with E-state index < -0.39 is 0 Å². The van der Waals surface area contributed by atoms with Crippen molar-refractivity contribution >= 4 is 11.8 Å². The average Bonchev–Trinajstić information content (AvgIpc) is 1.90. The van der Waals surface area contributed by atoms with Gasteiger partial charge in [0.15, 0.2) is 0 Å². The second kappa shape index (κ2) is 5.02. The minimum absolute atomic E-state index is 0. The molecule has 0 saturated carbocycles. The van der Waals surface area contributed by atoms with Crippen LogP contribution in [0.5, 0.6) is 0 Å². The smallest absolute Gasteiger partial charge is 0.00695 e. The van der Waals surface area contributed by atoms with Crippen molar-refractivity contribution in [1.29, 1.82) is 0 Å². The van der Waals surface area contributed by atoms with Crippen LogP contribution in [0.1, 0.15) is 0 Å². The van der Waals surface area contributed by atoms with Crippen LogP contribution in [-0.2, 0) is 19.5 Å². The van der Waals surface area contributed by atoms with E-state index in [1.807, 2.05) is 24.3 Å². The number of benzene rings is 1. The van der Waals surface area contributed by atoms with Gasteiger partial charge in [-0.05, 0) is 24.5 Å². The van der Waals surface area contributed by atoms with Gasteiger partial charge in [0.2, 0.25) is 0 Å². The van der Waals surface area contributed by atoms with Gasteiger partial charge < -0.3 is 0 Å². The Kier molecular flexibility index (Phi) is 5.12. The third-order valence-electron chi connectivity index (χ3n) is 0.923. The van der Waals surface area contributed by atoms with Crippen LogP contribution in [0.25, 0.3) is 0 Å². The Bertz CT molecular complexity index is 150. The summed E-state index contributed by atoms with van der Waals surface area (Å²) in [5.41, 5.74) is 0. The summed E-state index contributed by atoms with van der Waals surface area (Å²) in [5, 5.41) is 0. The van der Waals surface area contributed by atoms with Crippen LogP contribution in [0.2, 0.25) is 0 Å². The van der Waals surface area contributed by atoms with Gasteiger partial charge in [-0.15, -0.1) is 11.8 Å². The van der Waals surface area contributed by atoms with E-state index >= 15 is 0 Å². The average molecular weight is 189 g/mol. The Morgan fingerprint density at radius 1 is 1.33 bits per heavy atom. The quantitative estimate of drug-likeness (QED) is 0.481. The maximum absolute atomic E-state index is 2.95. The zero-order chi connectivity index (χ0) is 5.82. The molecule has 1 rings (SSSR count). The van der Waals surface area contributed by atoms with E-state index in [-0.39, 0.29) is 19.5 Å². The molecule has 0 aliphatic heterocycles. The number of thioether (sulfide) groups is 1. The van der Waals surface area contributed by atoms with Gasteiger partial charge in [-0.3, -0.25) is 0 Å². The van der Waals surface area contributed by atoms with Gasteiger partial charge in [0.25, 0.3) is 0 Å². The van der Waals surface area contributed by atoms with Gasteiger partial charge in [-0.2, -0.15) is 0 Å². The monoisotopic (exact) mass is 187 g/mol. The van der Waals surface area contributed by atoms with Crippen LogP contribution in [0.15, 0.2) is 29.2 Å². The molecule has 0 aromatic heterocycles. The van der Waals surface area contributed by atoms with Crippen LogP contribution in [0.4, 0.5) is 0 Å². The van der Waals surface area contributed by atoms with Crippen molar-refractivity contribution in [3.63, 3.8) is 0 Å². The molecule has 0 atom stereocenters. The Hall–Kier alpha value is 0.193. The first-order valence-electron chi connectivity index (χ1n) is 2.43. The third kappa shape index (κ3) is 3.02. The molecule has 1 aromatic rings. The topological polar surface area (TPSA) is 0 Å². The first-order valence-corrected chi connectivity index (χ1v) is 3.66. The van der Waals surface area contributed by atoms with Crippen LogP contribution in [0.3, 0.4) is 0 Å². The standard InChI is InChI=1S/C7H7S.Zn/c1-8-7-5-3-2-4-6-7;/h3-6H,1H3;. The van der Waals surface area contributed by atoms with E-state index in [1.54, 1.807) is 11.8 Å². The van der Waals surface area contributed by atoms with Crippen molar-refractivity contribution in [2.24, 2.45) is 0 Å². The first-order chi connectivity index (χ1) is 3.93. The van der Waals surface area contributed by atoms with Crippen LogP contribution >= 0.6 is 11.8 Å². The van der Waals surface area contributed by atoms with Gasteiger partial charge in [0, 0.05) is 24.4 Å². The number of hydrogen-bond donors (Lipinski definition) is 0. The first kappa shape index (κ1) is 9.19. The van der Waals surface area contributed by atoms with Gasteiger partial charge in [0.1, 0.15) is 0 Å². The van der Waals surface area contributed by atoms with Crippen LogP contribution < -0.4 is 0 Å². The fourth-order valence-corrected chi connectivity index (χ4v) is 0.916. The molecular formula is C7H7SZn. The predicted molar refractivity (Wildman–Crippen MR) is 37.1 cm³/mol. The minimum atomic E-state index is 0.